The van der Waals surface area contributed by atoms with Crippen molar-refractivity contribution in [1.82, 2.24) is 15.1 Å². The van der Waals surface area contributed by atoms with Crippen molar-refractivity contribution < 1.29 is 4.79 Å². The Kier molecular flexibility index (Phi) is 5.31. The number of hydrogen-bond acceptors (Lipinski definition) is 3. The van der Waals surface area contributed by atoms with Crippen molar-refractivity contribution in [2.24, 2.45) is 0 Å². The first-order valence-electron chi connectivity index (χ1n) is 9.99. The maximum Gasteiger partial charge on any atom is 0.317 e. The van der Waals surface area contributed by atoms with E-state index in [2.05, 4.69) is 23.3 Å². The van der Waals surface area contributed by atoms with Crippen LogP contribution in [0.25, 0.3) is 11.1 Å². The first-order chi connectivity index (χ1) is 13.7. The van der Waals surface area contributed by atoms with Crippen molar-refractivity contribution in [2.75, 3.05) is 20.1 Å². The van der Waals surface area contributed by atoms with Gasteiger partial charge in [0.1, 0.15) is 0 Å². The molecule has 5 nitrogen and oxygen atoms in total. The summed E-state index contributed by atoms with van der Waals surface area (Å²) >= 11 is 0. The van der Waals surface area contributed by atoms with E-state index in [4.69, 9.17) is 0 Å². The third-order valence-corrected chi connectivity index (χ3v) is 6.19. The van der Waals surface area contributed by atoms with Gasteiger partial charge in [0.05, 0.1) is 11.6 Å². The van der Waals surface area contributed by atoms with Gasteiger partial charge in [-0.25, -0.2) is 4.79 Å². The fourth-order valence-corrected chi connectivity index (χ4v) is 4.42. The van der Waals surface area contributed by atoms with E-state index in [0.29, 0.717) is 24.2 Å². The number of nitrogens with zero attached hydrogens (tertiary/aromatic N) is 3. The van der Waals surface area contributed by atoms with Gasteiger partial charge in [0.2, 0.25) is 0 Å². The molecule has 5 heteroatoms. The standard InChI is InChI=1S/C23H26N4O/c1-26-20-10-11-21(26)16-27(13-12-20)23(28)25-15-17-6-8-18(9-7-17)22-5-3-2-4-19(22)14-24/h2-9,20-21H,10-13,15-16H2,1H3,(H,25,28). The van der Waals surface area contributed by atoms with Crippen molar-refractivity contribution in [1.29, 1.82) is 5.26 Å². The maximum atomic E-state index is 12.6. The van der Waals surface area contributed by atoms with E-state index in [1.54, 1.807) is 0 Å². The van der Waals surface area contributed by atoms with Gasteiger partial charge in [0, 0.05) is 31.7 Å². The summed E-state index contributed by atoms with van der Waals surface area (Å²) < 4.78 is 0. The molecule has 1 N–H and O–H groups in total. The Bertz CT molecular complexity index is 886. The molecule has 2 aromatic carbocycles. The van der Waals surface area contributed by atoms with Crippen molar-refractivity contribution in [3.05, 3.63) is 59.7 Å². The van der Waals surface area contributed by atoms with Gasteiger partial charge >= 0.3 is 6.03 Å². The zero-order valence-electron chi connectivity index (χ0n) is 16.3. The van der Waals surface area contributed by atoms with Crippen molar-refractivity contribution in [3.8, 4) is 17.2 Å². The van der Waals surface area contributed by atoms with E-state index in [1.807, 2.05) is 53.4 Å². The molecule has 0 spiro atoms. The molecule has 2 heterocycles. The number of nitriles is 1. The molecule has 2 bridgehead atoms. The Morgan fingerprint density at radius 1 is 1.11 bits per heavy atom. The minimum atomic E-state index is 0.0276. The van der Waals surface area contributed by atoms with Crippen LogP contribution in [0.4, 0.5) is 4.79 Å². The van der Waals surface area contributed by atoms with Gasteiger partial charge in [-0.2, -0.15) is 5.26 Å². The molecule has 4 rings (SSSR count). The highest BCUT2D eigenvalue weighted by Gasteiger charge is 2.35. The average molecular weight is 374 g/mol. The smallest absolute Gasteiger partial charge is 0.317 e. The lowest BCUT2D eigenvalue weighted by Gasteiger charge is -2.26. The van der Waals surface area contributed by atoms with Gasteiger partial charge in [0.25, 0.3) is 0 Å². The number of amides is 2. The number of carbonyl (C=O) groups excluding carboxylic acids is 1. The van der Waals surface area contributed by atoms with Crippen LogP contribution in [0.3, 0.4) is 0 Å². The van der Waals surface area contributed by atoms with Crippen LogP contribution in [0.2, 0.25) is 0 Å². The lowest BCUT2D eigenvalue weighted by atomic mass is 9.99. The molecule has 28 heavy (non-hydrogen) atoms. The Morgan fingerprint density at radius 2 is 1.86 bits per heavy atom. The largest absolute Gasteiger partial charge is 0.334 e. The molecule has 0 saturated carbocycles. The van der Waals surface area contributed by atoms with E-state index in [-0.39, 0.29) is 6.03 Å². The summed E-state index contributed by atoms with van der Waals surface area (Å²) in [6.07, 6.45) is 3.52. The van der Waals surface area contributed by atoms with E-state index in [0.717, 1.165) is 36.2 Å². The normalized spacial score (nSPS) is 21.8. The third kappa shape index (κ3) is 3.74. The number of urea groups is 1. The van der Waals surface area contributed by atoms with Crippen LogP contribution in [0.1, 0.15) is 30.4 Å². The van der Waals surface area contributed by atoms with Crippen LogP contribution in [-0.2, 0) is 6.54 Å². The topological polar surface area (TPSA) is 59.4 Å². The van der Waals surface area contributed by atoms with Gasteiger partial charge in [-0.05, 0) is 49.1 Å². The van der Waals surface area contributed by atoms with Gasteiger partial charge in [-0.3, -0.25) is 4.90 Å². The number of rotatable bonds is 3. The SMILES string of the molecule is CN1C2CCC1CN(C(=O)NCc1ccc(-c3ccccc3C#N)cc1)CC2. The highest BCUT2D eigenvalue weighted by Crippen LogP contribution is 2.28. The molecule has 2 aromatic rings. The van der Waals surface area contributed by atoms with E-state index in [9.17, 15) is 10.1 Å². The molecular formula is C23H26N4O. The highest BCUT2D eigenvalue weighted by atomic mass is 16.2. The van der Waals surface area contributed by atoms with Crippen LogP contribution in [0.5, 0.6) is 0 Å². The molecular weight excluding hydrogens is 348 g/mol. The third-order valence-electron chi connectivity index (χ3n) is 6.19. The lowest BCUT2D eigenvalue weighted by molar-refractivity contribution is 0.188. The molecule has 2 amide bonds. The minimum absolute atomic E-state index is 0.0276. The summed E-state index contributed by atoms with van der Waals surface area (Å²) in [7, 11) is 2.19. The minimum Gasteiger partial charge on any atom is -0.334 e. The van der Waals surface area contributed by atoms with Gasteiger partial charge in [0.15, 0.2) is 0 Å². The summed E-state index contributed by atoms with van der Waals surface area (Å²) in [5, 5.41) is 12.3. The Morgan fingerprint density at radius 3 is 2.64 bits per heavy atom. The number of likely N-dealkylation sites (tertiary alicyclic amines) is 1. The number of likely N-dealkylation sites (N-methyl/N-ethyl adjacent to an activating group) is 1. The summed E-state index contributed by atoms with van der Waals surface area (Å²) in [6.45, 7) is 2.17. The molecule has 0 aliphatic carbocycles. The quantitative estimate of drug-likeness (QED) is 0.893. The van der Waals surface area contributed by atoms with Crippen LogP contribution < -0.4 is 5.32 Å². The molecule has 2 saturated heterocycles. The second kappa shape index (κ2) is 8.04. The van der Waals surface area contributed by atoms with E-state index in [1.165, 1.54) is 12.8 Å². The van der Waals surface area contributed by atoms with Crippen LogP contribution in [0.15, 0.2) is 48.5 Å². The summed E-state index contributed by atoms with van der Waals surface area (Å²) in [6, 6.07) is 19.0. The van der Waals surface area contributed by atoms with Crippen LogP contribution in [-0.4, -0.2) is 48.1 Å². The fraction of sp³-hybridized carbons (Fsp3) is 0.391. The number of carbonyl (C=O) groups is 1. The number of fused-ring (bicyclic) bond motifs is 2. The van der Waals surface area contributed by atoms with Crippen molar-refractivity contribution in [3.63, 3.8) is 0 Å². The summed E-state index contributed by atoms with van der Waals surface area (Å²) in [5.41, 5.74) is 3.67. The van der Waals surface area contributed by atoms with Gasteiger partial charge < -0.3 is 10.2 Å². The predicted octanol–water partition coefficient (Wildman–Crippen LogP) is 3.60. The summed E-state index contributed by atoms with van der Waals surface area (Å²) in [4.78, 5) is 17.1. The highest BCUT2D eigenvalue weighted by molar-refractivity contribution is 5.74. The first-order valence-corrected chi connectivity index (χ1v) is 9.99. The molecule has 0 aromatic heterocycles. The molecule has 2 unspecified atom stereocenters. The van der Waals surface area contributed by atoms with E-state index >= 15 is 0 Å². The monoisotopic (exact) mass is 374 g/mol. The second-order valence-corrected chi connectivity index (χ2v) is 7.80. The molecule has 0 radical (unpaired) electrons. The summed E-state index contributed by atoms with van der Waals surface area (Å²) in [5.74, 6) is 0. The fourth-order valence-electron chi connectivity index (χ4n) is 4.42. The number of benzene rings is 2. The lowest BCUT2D eigenvalue weighted by Crippen LogP contribution is -2.44. The molecule has 2 aliphatic rings. The molecule has 2 fully saturated rings. The van der Waals surface area contributed by atoms with Crippen LogP contribution >= 0.6 is 0 Å². The second-order valence-electron chi connectivity index (χ2n) is 7.80. The van der Waals surface area contributed by atoms with E-state index < -0.39 is 0 Å². The Labute approximate surface area is 166 Å². The first kappa shape index (κ1) is 18.5. The van der Waals surface area contributed by atoms with Gasteiger partial charge in [-0.1, -0.05) is 42.5 Å². The zero-order chi connectivity index (χ0) is 19.5. The Hall–Kier alpha value is -2.84. The van der Waals surface area contributed by atoms with Crippen LogP contribution in [0, 0.1) is 11.3 Å². The maximum absolute atomic E-state index is 12.6. The van der Waals surface area contributed by atoms with Crippen molar-refractivity contribution >= 4 is 6.03 Å². The van der Waals surface area contributed by atoms with Gasteiger partial charge in [-0.15, -0.1) is 0 Å². The number of hydrogen-bond donors (Lipinski definition) is 1. The molecule has 144 valence electrons. The molecule has 2 aliphatic heterocycles. The predicted molar refractivity (Wildman–Crippen MR) is 110 cm³/mol. The number of nitrogens with one attached hydrogen (secondary N) is 1. The Balaban J connectivity index is 1.36. The molecule has 2 atom stereocenters. The zero-order valence-corrected chi connectivity index (χ0v) is 16.3. The average Bonchev–Trinajstić information content (AvgIpc) is 2.98. The van der Waals surface area contributed by atoms with Crippen molar-refractivity contribution in [2.45, 2.75) is 37.9 Å².